The summed E-state index contributed by atoms with van der Waals surface area (Å²) in [5.74, 6) is 1.00. The molecule has 7 nitrogen and oxygen atoms in total. The minimum atomic E-state index is -3.58. The first-order valence-electron chi connectivity index (χ1n) is 9.08. The van der Waals surface area contributed by atoms with E-state index in [2.05, 4.69) is 0 Å². The number of benzene rings is 2. The number of hydrogen-bond donors (Lipinski definition) is 0. The second-order valence-corrected chi connectivity index (χ2v) is 8.28. The van der Waals surface area contributed by atoms with Gasteiger partial charge in [0.1, 0.15) is 11.5 Å². The molecule has 0 atom stereocenters. The lowest BCUT2D eigenvalue weighted by Crippen LogP contribution is -2.40. The Labute approximate surface area is 170 Å². The molecule has 29 heavy (non-hydrogen) atoms. The summed E-state index contributed by atoms with van der Waals surface area (Å²) in [6, 6.07) is 11.3. The summed E-state index contributed by atoms with van der Waals surface area (Å²) >= 11 is 0. The van der Waals surface area contributed by atoms with Crippen LogP contribution in [0.25, 0.3) is 6.08 Å². The molecule has 1 aliphatic heterocycles. The Morgan fingerprint density at radius 3 is 2.34 bits per heavy atom. The molecule has 0 saturated carbocycles. The van der Waals surface area contributed by atoms with E-state index in [1.165, 1.54) is 34.6 Å². The van der Waals surface area contributed by atoms with E-state index in [-0.39, 0.29) is 10.7 Å². The molecule has 0 aromatic heterocycles. The minimum Gasteiger partial charge on any atom is -0.497 e. The Kier molecular flexibility index (Phi) is 6.68. The van der Waals surface area contributed by atoms with Crippen LogP contribution < -0.4 is 9.47 Å². The standard InChI is InChI=1S/C21H23NO6S/c1-26-18-7-3-17(21(15-18)27-2)6-10-20(23)16-4-8-19(9-5-16)29(24,25)22-11-13-28-14-12-22/h3-10,15H,11-14H2,1-2H3/b10-6+. The van der Waals surface area contributed by atoms with Crippen LogP contribution >= 0.6 is 0 Å². The van der Waals surface area contributed by atoms with E-state index in [0.717, 1.165) is 5.56 Å². The summed E-state index contributed by atoms with van der Waals surface area (Å²) < 4.78 is 42.4. The third-order valence-corrected chi connectivity index (χ3v) is 6.51. The van der Waals surface area contributed by atoms with E-state index in [1.807, 2.05) is 0 Å². The van der Waals surface area contributed by atoms with Crippen molar-refractivity contribution in [2.24, 2.45) is 0 Å². The number of ether oxygens (including phenoxy) is 3. The zero-order valence-corrected chi connectivity index (χ0v) is 17.1. The number of ketones is 1. The van der Waals surface area contributed by atoms with E-state index in [4.69, 9.17) is 14.2 Å². The van der Waals surface area contributed by atoms with Gasteiger partial charge in [-0.15, -0.1) is 0 Å². The Morgan fingerprint density at radius 1 is 1.03 bits per heavy atom. The lowest BCUT2D eigenvalue weighted by atomic mass is 10.1. The average molecular weight is 417 g/mol. The highest BCUT2D eigenvalue weighted by Crippen LogP contribution is 2.26. The van der Waals surface area contributed by atoms with Gasteiger partial charge in [-0.05, 0) is 48.6 Å². The van der Waals surface area contributed by atoms with Crippen molar-refractivity contribution in [3.8, 4) is 11.5 Å². The van der Waals surface area contributed by atoms with Crippen molar-refractivity contribution >= 4 is 21.9 Å². The smallest absolute Gasteiger partial charge is 0.243 e. The van der Waals surface area contributed by atoms with Crippen molar-refractivity contribution in [2.45, 2.75) is 4.90 Å². The number of carbonyl (C=O) groups is 1. The van der Waals surface area contributed by atoms with Gasteiger partial charge < -0.3 is 14.2 Å². The van der Waals surface area contributed by atoms with Crippen molar-refractivity contribution in [1.29, 1.82) is 0 Å². The number of nitrogens with zero attached hydrogens (tertiary/aromatic N) is 1. The molecule has 0 amide bonds. The molecular weight excluding hydrogens is 394 g/mol. The normalized spacial score (nSPS) is 15.4. The van der Waals surface area contributed by atoms with Gasteiger partial charge >= 0.3 is 0 Å². The lowest BCUT2D eigenvalue weighted by molar-refractivity contribution is 0.0730. The van der Waals surface area contributed by atoms with Crippen LogP contribution in [0.5, 0.6) is 11.5 Å². The minimum absolute atomic E-state index is 0.164. The van der Waals surface area contributed by atoms with Gasteiger partial charge in [-0.1, -0.05) is 0 Å². The van der Waals surface area contributed by atoms with E-state index in [1.54, 1.807) is 38.5 Å². The largest absolute Gasteiger partial charge is 0.497 e. The lowest BCUT2D eigenvalue weighted by Gasteiger charge is -2.26. The third kappa shape index (κ3) is 4.84. The van der Waals surface area contributed by atoms with Gasteiger partial charge in [0.15, 0.2) is 5.78 Å². The number of methoxy groups -OCH3 is 2. The fourth-order valence-corrected chi connectivity index (χ4v) is 4.35. The maximum atomic E-state index is 12.6. The molecule has 2 aromatic rings. The van der Waals surface area contributed by atoms with Gasteiger partial charge in [0.05, 0.1) is 32.3 Å². The summed E-state index contributed by atoms with van der Waals surface area (Å²) in [4.78, 5) is 12.6. The summed E-state index contributed by atoms with van der Waals surface area (Å²) in [6.45, 7) is 1.43. The van der Waals surface area contributed by atoms with Crippen molar-refractivity contribution in [2.75, 3.05) is 40.5 Å². The molecule has 1 heterocycles. The molecule has 1 saturated heterocycles. The van der Waals surface area contributed by atoms with Crippen molar-refractivity contribution in [3.63, 3.8) is 0 Å². The number of rotatable bonds is 7. The predicted octanol–water partition coefficient (Wildman–Crippen LogP) is 2.62. The van der Waals surface area contributed by atoms with E-state index >= 15 is 0 Å². The van der Waals surface area contributed by atoms with Crippen LogP contribution in [0.15, 0.2) is 53.4 Å². The van der Waals surface area contributed by atoms with Crippen LogP contribution in [0.3, 0.4) is 0 Å². The zero-order chi connectivity index (χ0) is 20.9. The number of carbonyl (C=O) groups excluding carboxylic acids is 1. The van der Waals surface area contributed by atoms with Crippen LogP contribution in [-0.2, 0) is 14.8 Å². The van der Waals surface area contributed by atoms with Gasteiger partial charge in [-0.25, -0.2) is 8.42 Å². The van der Waals surface area contributed by atoms with Gasteiger partial charge in [-0.2, -0.15) is 4.31 Å². The molecule has 0 spiro atoms. The van der Waals surface area contributed by atoms with Gasteiger partial charge in [0, 0.05) is 30.3 Å². The third-order valence-electron chi connectivity index (χ3n) is 4.60. The first-order chi connectivity index (χ1) is 14.0. The molecule has 1 aliphatic rings. The fourth-order valence-electron chi connectivity index (χ4n) is 2.95. The quantitative estimate of drug-likeness (QED) is 0.509. The van der Waals surface area contributed by atoms with Crippen LogP contribution in [-0.4, -0.2) is 59.0 Å². The van der Waals surface area contributed by atoms with E-state index in [0.29, 0.717) is 43.4 Å². The second kappa shape index (κ2) is 9.21. The second-order valence-electron chi connectivity index (χ2n) is 6.35. The maximum absolute atomic E-state index is 12.6. The zero-order valence-electron chi connectivity index (χ0n) is 16.3. The molecular formula is C21H23NO6S. The number of hydrogen-bond acceptors (Lipinski definition) is 6. The molecule has 0 unspecified atom stereocenters. The van der Waals surface area contributed by atoms with Crippen molar-refractivity contribution in [1.82, 2.24) is 4.31 Å². The number of allylic oxidation sites excluding steroid dienone is 1. The Morgan fingerprint density at radius 2 is 1.72 bits per heavy atom. The average Bonchev–Trinajstić information content (AvgIpc) is 2.78. The highest BCUT2D eigenvalue weighted by molar-refractivity contribution is 7.89. The van der Waals surface area contributed by atoms with E-state index < -0.39 is 10.0 Å². The predicted molar refractivity (Wildman–Crippen MR) is 109 cm³/mol. The molecule has 0 N–H and O–H groups in total. The van der Waals surface area contributed by atoms with Crippen LogP contribution in [0.1, 0.15) is 15.9 Å². The molecule has 0 aliphatic carbocycles. The van der Waals surface area contributed by atoms with Gasteiger partial charge in [0.2, 0.25) is 10.0 Å². The summed E-state index contributed by atoms with van der Waals surface area (Å²) in [5.41, 5.74) is 1.13. The molecule has 8 heteroatoms. The first-order valence-corrected chi connectivity index (χ1v) is 10.5. The molecule has 2 aromatic carbocycles. The fraction of sp³-hybridized carbons (Fsp3) is 0.286. The number of morpholine rings is 1. The highest BCUT2D eigenvalue weighted by Gasteiger charge is 2.26. The SMILES string of the molecule is COc1ccc(/C=C/C(=O)c2ccc(S(=O)(=O)N3CCOCC3)cc2)c(OC)c1. The Bertz CT molecular complexity index is 992. The van der Waals surface area contributed by atoms with Crippen LogP contribution in [0.4, 0.5) is 0 Å². The topological polar surface area (TPSA) is 82.1 Å². The molecule has 0 bridgehead atoms. The molecule has 1 fully saturated rings. The van der Waals surface area contributed by atoms with Crippen LogP contribution in [0.2, 0.25) is 0 Å². The van der Waals surface area contributed by atoms with Gasteiger partial charge in [-0.3, -0.25) is 4.79 Å². The van der Waals surface area contributed by atoms with Gasteiger partial charge in [0.25, 0.3) is 0 Å². The number of sulfonamides is 1. The summed E-state index contributed by atoms with van der Waals surface area (Å²) in [5, 5.41) is 0. The summed E-state index contributed by atoms with van der Waals surface area (Å²) in [6.07, 6.45) is 3.08. The van der Waals surface area contributed by atoms with Crippen LogP contribution in [0, 0.1) is 0 Å². The Balaban J connectivity index is 1.74. The van der Waals surface area contributed by atoms with Crippen molar-refractivity contribution < 1.29 is 27.4 Å². The highest BCUT2D eigenvalue weighted by atomic mass is 32.2. The monoisotopic (exact) mass is 417 g/mol. The Hall–Kier alpha value is -2.68. The molecule has 154 valence electrons. The summed E-state index contributed by atoms with van der Waals surface area (Å²) in [7, 11) is -0.470. The molecule has 0 radical (unpaired) electrons. The van der Waals surface area contributed by atoms with Crippen molar-refractivity contribution in [3.05, 3.63) is 59.7 Å². The maximum Gasteiger partial charge on any atom is 0.243 e. The molecule has 3 rings (SSSR count). The van der Waals surface area contributed by atoms with E-state index in [9.17, 15) is 13.2 Å². The first kappa shape index (κ1) is 21.0.